The lowest BCUT2D eigenvalue weighted by molar-refractivity contribution is -0.125. The summed E-state index contributed by atoms with van der Waals surface area (Å²) in [6.07, 6.45) is -0.317. The number of hydrogen-bond donors (Lipinski definition) is 6. The van der Waals surface area contributed by atoms with Crippen LogP contribution in [0.4, 0.5) is 16.2 Å². The predicted molar refractivity (Wildman–Crippen MR) is 149 cm³/mol. The van der Waals surface area contributed by atoms with Crippen LogP contribution in [0.2, 0.25) is 0 Å². The van der Waals surface area contributed by atoms with Crippen molar-refractivity contribution >= 4 is 57.3 Å². The average molecular weight is 563 g/mol. The minimum absolute atomic E-state index is 0.000265. The molecule has 0 bridgehead atoms. The number of carbonyl (C=O) groups excluding carboxylic acids is 4. The fraction of sp³-hybridized carbons (Fsp3) is 0.250. The number of anilines is 2. The number of benzene rings is 2. The first kappa shape index (κ1) is 27.0. The summed E-state index contributed by atoms with van der Waals surface area (Å²) < 4.78 is 0. The molecule has 0 heterocycles. The number of aliphatic hydroxyl groups is 2. The number of ketones is 2. The third-order valence-corrected chi connectivity index (χ3v) is 8.31. The van der Waals surface area contributed by atoms with Gasteiger partial charge in [0, 0.05) is 54.2 Å². The summed E-state index contributed by atoms with van der Waals surface area (Å²) in [6.45, 7) is 0. The van der Waals surface area contributed by atoms with Crippen LogP contribution < -0.4 is 16.0 Å². The van der Waals surface area contributed by atoms with E-state index in [4.69, 9.17) is 11.1 Å². The molecule has 0 spiro atoms. The molecule has 5 rings (SSSR count). The molecule has 2 unspecified atom stereocenters. The normalized spacial score (nSPS) is 21.9. The van der Waals surface area contributed by atoms with E-state index >= 15 is 0 Å². The Hall–Kier alpha value is -4.58. The molecule has 3 aliphatic rings. The van der Waals surface area contributed by atoms with Crippen molar-refractivity contribution in [2.24, 2.45) is 23.5 Å². The average Bonchev–Trinajstić information content (AvgIpc) is 2.88. The second kappa shape index (κ2) is 9.87. The quantitative estimate of drug-likeness (QED) is 0.184. The summed E-state index contributed by atoms with van der Waals surface area (Å²) in [4.78, 5) is 53.2. The van der Waals surface area contributed by atoms with Gasteiger partial charge in [0.1, 0.15) is 17.1 Å². The van der Waals surface area contributed by atoms with Crippen molar-refractivity contribution in [3.8, 4) is 5.75 Å². The monoisotopic (exact) mass is 562 g/mol. The molecular weight excluding hydrogens is 536 g/mol. The fourth-order valence-corrected chi connectivity index (χ4v) is 6.41. The van der Waals surface area contributed by atoms with Crippen molar-refractivity contribution < 1.29 is 34.5 Å². The van der Waals surface area contributed by atoms with E-state index in [1.807, 2.05) is 6.07 Å². The Morgan fingerprint density at radius 1 is 1.10 bits per heavy atom. The minimum Gasteiger partial charge on any atom is -0.511 e. The van der Waals surface area contributed by atoms with Crippen LogP contribution in [-0.4, -0.2) is 57.8 Å². The van der Waals surface area contributed by atoms with Crippen LogP contribution in [-0.2, 0) is 20.8 Å². The fourth-order valence-electron chi connectivity index (χ4n) is 5.74. The number of carbonyl (C=O) groups is 4. The molecule has 7 N–H and O–H groups in total. The number of rotatable bonds is 4. The van der Waals surface area contributed by atoms with Crippen LogP contribution in [0.5, 0.6) is 5.75 Å². The number of primary amides is 1. The first-order valence-electron chi connectivity index (χ1n) is 12.3. The third kappa shape index (κ3) is 4.20. The lowest BCUT2D eigenvalue weighted by atomic mass is 9.60. The number of fused-ring (bicyclic) bond motifs is 3. The maximum atomic E-state index is 13.7. The lowest BCUT2D eigenvalue weighted by Crippen LogP contribution is -2.49. The summed E-state index contributed by atoms with van der Waals surface area (Å²) >= 11 is 0.904. The van der Waals surface area contributed by atoms with Gasteiger partial charge < -0.3 is 36.7 Å². The second-order valence-electron chi connectivity index (χ2n) is 10.0. The minimum atomic E-state index is -1.44. The number of phenolic OH excluding ortho intramolecular Hbond substituents is 1. The molecule has 2 amide bonds. The highest BCUT2D eigenvalue weighted by Gasteiger charge is 2.53. The molecule has 2 aromatic carbocycles. The van der Waals surface area contributed by atoms with E-state index in [0.717, 1.165) is 11.8 Å². The number of thioether (sulfide) groups is 1. The van der Waals surface area contributed by atoms with E-state index in [1.54, 1.807) is 49.3 Å². The van der Waals surface area contributed by atoms with Crippen LogP contribution in [0.15, 0.2) is 58.2 Å². The zero-order chi connectivity index (χ0) is 29.0. The smallest absolute Gasteiger partial charge is 0.288 e. The van der Waals surface area contributed by atoms with E-state index in [1.165, 1.54) is 0 Å². The maximum absolute atomic E-state index is 13.7. The van der Waals surface area contributed by atoms with Gasteiger partial charge in [0.05, 0.1) is 17.2 Å². The second-order valence-corrected chi connectivity index (χ2v) is 11.1. The molecule has 1 saturated carbocycles. The molecule has 0 saturated heterocycles. The van der Waals surface area contributed by atoms with Crippen LogP contribution in [0, 0.1) is 23.2 Å². The Morgan fingerprint density at radius 3 is 2.40 bits per heavy atom. The Morgan fingerprint density at radius 2 is 1.77 bits per heavy atom. The third-order valence-electron chi connectivity index (χ3n) is 7.51. The topological polar surface area (TPSA) is 194 Å². The molecule has 0 aliphatic heterocycles. The number of Topliss-reactive ketones (excluding diaryl/α,β-unsaturated/α-hetero) is 2. The van der Waals surface area contributed by atoms with Gasteiger partial charge in [0.25, 0.3) is 11.1 Å². The molecule has 206 valence electrons. The molecule has 3 atom stereocenters. The number of aromatic hydroxyl groups is 1. The summed E-state index contributed by atoms with van der Waals surface area (Å²) in [5.41, 5.74) is 5.20. The van der Waals surface area contributed by atoms with Crippen molar-refractivity contribution in [2.75, 3.05) is 24.3 Å². The highest BCUT2D eigenvalue weighted by atomic mass is 32.2. The largest absolute Gasteiger partial charge is 0.511 e. The number of hydrogen-bond acceptors (Lipinski definition) is 10. The summed E-state index contributed by atoms with van der Waals surface area (Å²) in [5.74, 6) is -7.96. The number of aliphatic hydroxyl groups excluding tert-OH is 2. The van der Waals surface area contributed by atoms with Crippen molar-refractivity contribution in [2.45, 2.75) is 17.7 Å². The van der Waals surface area contributed by atoms with Crippen molar-refractivity contribution in [3.05, 3.63) is 64.4 Å². The van der Waals surface area contributed by atoms with Crippen molar-refractivity contribution in [1.82, 2.24) is 0 Å². The van der Waals surface area contributed by atoms with E-state index in [-0.39, 0.29) is 35.4 Å². The van der Waals surface area contributed by atoms with Gasteiger partial charge in [0.2, 0.25) is 0 Å². The van der Waals surface area contributed by atoms with E-state index in [9.17, 15) is 34.5 Å². The van der Waals surface area contributed by atoms with Crippen molar-refractivity contribution in [1.29, 1.82) is 5.41 Å². The number of nitrogens with one attached hydrogen (secondary N) is 2. The van der Waals surface area contributed by atoms with Gasteiger partial charge in [-0.3, -0.25) is 19.2 Å². The van der Waals surface area contributed by atoms with E-state index in [2.05, 4.69) is 5.32 Å². The van der Waals surface area contributed by atoms with Crippen LogP contribution in [0.25, 0.3) is 5.76 Å². The van der Waals surface area contributed by atoms with Gasteiger partial charge in [-0.15, -0.1) is 0 Å². The standard InChI is InChI=1S/C28H26N4O7S/c1-32(2)16-10-15(31-28(39)40-11-6-4-3-5-7-11)23(34)18-12(16)8-13-19(24(18)35)25(36)20-14(22(13)29)9-17(33)21(26(20)37)27(30)38/h3-7,10,13-14,20,29,34-35,37H,8-9H2,1-2H3,(H2,30,38)(H,31,39)/t13-,14?,20?/m1/s1. The number of nitrogens with zero attached hydrogens (tertiary/aromatic N) is 1. The zero-order valence-corrected chi connectivity index (χ0v) is 22.3. The summed E-state index contributed by atoms with van der Waals surface area (Å²) in [7, 11) is 3.46. The Bertz CT molecular complexity index is 1580. The predicted octanol–water partition coefficient (Wildman–Crippen LogP) is 3.33. The molecule has 11 nitrogen and oxygen atoms in total. The molecule has 12 heteroatoms. The molecular formula is C28H26N4O7S. The maximum Gasteiger partial charge on any atom is 0.288 e. The molecule has 2 aromatic rings. The Labute approximate surface area is 232 Å². The highest BCUT2D eigenvalue weighted by molar-refractivity contribution is 8.13. The zero-order valence-electron chi connectivity index (χ0n) is 21.5. The molecule has 1 fully saturated rings. The van der Waals surface area contributed by atoms with Gasteiger partial charge in [0.15, 0.2) is 17.3 Å². The molecule has 3 aliphatic carbocycles. The van der Waals surface area contributed by atoms with Gasteiger partial charge in [-0.05, 0) is 41.9 Å². The van der Waals surface area contributed by atoms with Crippen molar-refractivity contribution in [3.63, 3.8) is 0 Å². The van der Waals surface area contributed by atoms with Crippen LogP contribution in [0.3, 0.4) is 0 Å². The Kier molecular flexibility index (Phi) is 6.66. The van der Waals surface area contributed by atoms with Crippen LogP contribution in [0.1, 0.15) is 17.5 Å². The first-order chi connectivity index (χ1) is 18.9. The van der Waals surface area contributed by atoms with E-state index in [0.29, 0.717) is 16.1 Å². The SMILES string of the molecule is CN(C)c1cc(NC(=O)Sc2ccccc2)c(O)c2c1C[C@H]1C(=N)C3CC(=O)C(C(N)=O)=C(O)C3C(=O)C1=C2O. The molecule has 0 aromatic heterocycles. The van der Waals surface area contributed by atoms with Gasteiger partial charge in [-0.2, -0.15) is 0 Å². The molecule has 0 radical (unpaired) electrons. The number of amides is 2. The summed E-state index contributed by atoms with van der Waals surface area (Å²) in [6, 6.07) is 10.4. The van der Waals surface area contributed by atoms with Gasteiger partial charge in [-0.1, -0.05) is 18.2 Å². The first-order valence-corrected chi connectivity index (χ1v) is 13.2. The number of phenols is 1. The Balaban J connectivity index is 1.62. The highest BCUT2D eigenvalue weighted by Crippen LogP contribution is 2.51. The van der Waals surface area contributed by atoms with Gasteiger partial charge >= 0.3 is 0 Å². The molecule has 40 heavy (non-hydrogen) atoms. The summed E-state index contributed by atoms with van der Waals surface area (Å²) in [5, 5.41) is 44.4. The number of allylic oxidation sites excluding steroid dienone is 2. The van der Waals surface area contributed by atoms with Gasteiger partial charge in [-0.25, -0.2) is 0 Å². The van der Waals surface area contributed by atoms with E-state index < -0.39 is 63.3 Å². The van der Waals surface area contributed by atoms with Crippen LogP contribution >= 0.6 is 11.8 Å². The number of nitrogens with two attached hydrogens (primary N) is 1. The lowest BCUT2D eigenvalue weighted by Gasteiger charge is -2.42.